The van der Waals surface area contributed by atoms with E-state index in [1.807, 2.05) is 18.2 Å². The maximum Gasteiger partial charge on any atom is 0.188 e. The van der Waals surface area contributed by atoms with E-state index in [0.717, 1.165) is 12.8 Å². The average molecular weight is 260 g/mol. The molecule has 0 N–H and O–H groups in total. The highest BCUT2D eigenvalue weighted by molar-refractivity contribution is 5.49. The number of rotatable bonds is 7. The molecule has 1 heterocycles. The molecule has 0 aliphatic carbocycles. The maximum atomic E-state index is 5.83. The van der Waals surface area contributed by atoms with Crippen LogP contribution in [-0.2, 0) is 9.47 Å². The van der Waals surface area contributed by atoms with Gasteiger partial charge in [0, 0.05) is 6.42 Å². The minimum absolute atomic E-state index is 0.483. The Balaban J connectivity index is 1.93. The molecular weight excluding hydrogens is 236 g/mol. The van der Waals surface area contributed by atoms with Gasteiger partial charge in [-0.25, -0.2) is 0 Å². The van der Waals surface area contributed by atoms with Crippen LogP contribution in [-0.4, -0.2) is 19.0 Å². The highest BCUT2D eigenvalue weighted by Crippen LogP contribution is 2.28. The predicted octanol–water partition coefficient (Wildman–Crippen LogP) is 4.41. The minimum atomic E-state index is -0.483. The molecule has 0 saturated carbocycles. The van der Waals surface area contributed by atoms with Gasteiger partial charge in [-0.3, -0.25) is 0 Å². The quantitative estimate of drug-likeness (QED) is 0.676. The fourth-order valence-electron chi connectivity index (χ4n) is 2.38. The van der Waals surface area contributed by atoms with Crippen molar-refractivity contribution in [3.05, 3.63) is 42.0 Å². The van der Waals surface area contributed by atoms with Gasteiger partial charge in [0.25, 0.3) is 0 Å². The molecule has 2 heteroatoms. The summed E-state index contributed by atoms with van der Waals surface area (Å²) in [5.41, 5.74) is 1.19. The Hall–Kier alpha value is -1.12. The van der Waals surface area contributed by atoms with E-state index in [1.54, 1.807) is 0 Å². The van der Waals surface area contributed by atoms with Crippen molar-refractivity contribution >= 4 is 6.08 Å². The summed E-state index contributed by atoms with van der Waals surface area (Å²) >= 11 is 0. The standard InChI is InChI=1S/C17H24O2/c1-2-3-4-8-12-17(18-14-15-19-17)13-11-16-9-6-5-7-10-16/h5-7,9-11,13H,2-4,8,12,14-15H2,1H3. The summed E-state index contributed by atoms with van der Waals surface area (Å²) in [6.45, 7) is 3.63. The Morgan fingerprint density at radius 1 is 1.05 bits per heavy atom. The average Bonchev–Trinajstić information content (AvgIpc) is 2.92. The number of hydrogen-bond donors (Lipinski definition) is 0. The summed E-state index contributed by atoms with van der Waals surface area (Å²) in [6, 6.07) is 10.3. The zero-order valence-corrected chi connectivity index (χ0v) is 11.8. The van der Waals surface area contributed by atoms with Crippen LogP contribution in [0.1, 0.15) is 44.6 Å². The van der Waals surface area contributed by atoms with E-state index in [9.17, 15) is 0 Å². The molecule has 0 atom stereocenters. The molecule has 1 aromatic rings. The van der Waals surface area contributed by atoms with Crippen LogP contribution in [0.2, 0.25) is 0 Å². The van der Waals surface area contributed by atoms with Gasteiger partial charge in [-0.2, -0.15) is 0 Å². The molecular formula is C17H24O2. The first-order valence-corrected chi connectivity index (χ1v) is 7.37. The largest absolute Gasteiger partial charge is 0.344 e. The number of hydrogen-bond acceptors (Lipinski definition) is 2. The van der Waals surface area contributed by atoms with Crippen LogP contribution >= 0.6 is 0 Å². The lowest BCUT2D eigenvalue weighted by atomic mass is 10.0. The Bertz CT molecular complexity index is 378. The van der Waals surface area contributed by atoms with Crippen molar-refractivity contribution in [1.29, 1.82) is 0 Å². The van der Waals surface area contributed by atoms with Gasteiger partial charge >= 0.3 is 0 Å². The number of ether oxygens (including phenoxy) is 2. The molecule has 0 radical (unpaired) electrons. The fourth-order valence-corrected chi connectivity index (χ4v) is 2.38. The summed E-state index contributed by atoms with van der Waals surface area (Å²) in [4.78, 5) is 0. The lowest BCUT2D eigenvalue weighted by Crippen LogP contribution is -2.27. The van der Waals surface area contributed by atoms with Crippen molar-refractivity contribution in [3.8, 4) is 0 Å². The van der Waals surface area contributed by atoms with Crippen molar-refractivity contribution in [2.24, 2.45) is 0 Å². The summed E-state index contributed by atoms with van der Waals surface area (Å²) in [5.74, 6) is -0.483. The summed E-state index contributed by atoms with van der Waals surface area (Å²) < 4.78 is 11.7. The van der Waals surface area contributed by atoms with Crippen molar-refractivity contribution < 1.29 is 9.47 Å². The molecule has 0 amide bonds. The summed E-state index contributed by atoms with van der Waals surface area (Å²) in [6.07, 6.45) is 10.1. The number of benzene rings is 1. The van der Waals surface area contributed by atoms with Crippen molar-refractivity contribution in [1.82, 2.24) is 0 Å². The van der Waals surface area contributed by atoms with Crippen LogP contribution in [0.5, 0.6) is 0 Å². The lowest BCUT2D eigenvalue weighted by Gasteiger charge is -2.23. The Morgan fingerprint density at radius 2 is 1.79 bits per heavy atom. The molecule has 0 unspecified atom stereocenters. The fraction of sp³-hybridized carbons (Fsp3) is 0.529. The van der Waals surface area contributed by atoms with Crippen LogP contribution in [0.15, 0.2) is 36.4 Å². The van der Waals surface area contributed by atoms with E-state index in [4.69, 9.17) is 9.47 Å². The second kappa shape index (κ2) is 7.46. The van der Waals surface area contributed by atoms with Crippen molar-refractivity contribution in [2.75, 3.05) is 13.2 Å². The maximum absolute atomic E-state index is 5.83. The minimum Gasteiger partial charge on any atom is -0.344 e. The monoisotopic (exact) mass is 260 g/mol. The molecule has 2 nitrogen and oxygen atoms in total. The lowest BCUT2D eigenvalue weighted by molar-refractivity contribution is -0.121. The Kier molecular flexibility index (Phi) is 5.62. The predicted molar refractivity (Wildman–Crippen MR) is 78.9 cm³/mol. The highest BCUT2D eigenvalue weighted by atomic mass is 16.7. The van der Waals surface area contributed by atoms with E-state index in [0.29, 0.717) is 13.2 Å². The van der Waals surface area contributed by atoms with Gasteiger partial charge in [-0.1, -0.05) is 62.6 Å². The second-order valence-electron chi connectivity index (χ2n) is 5.06. The molecule has 1 aromatic carbocycles. The Morgan fingerprint density at radius 3 is 2.47 bits per heavy atom. The van der Waals surface area contributed by atoms with Crippen LogP contribution < -0.4 is 0 Å². The molecule has 1 aliphatic rings. The third kappa shape index (κ3) is 4.48. The smallest absolute Gasteiger partial charge is 0.188 e. The first-order valence-electron chi connectivity index (χ1n) is 7.37. The van der Waals surface area contributed by atoms with Crippen LogP contribution in [0.25, 0.3) is 6.08 Å². The highest BCUT2D eigenvalue weighted by Gasteiger charge is 2.32. The molecule has 19 heavy (non-hydrogen) atoms. The molecule has 1 aliphatic heterocycles. The van der Waals surface area contributed by atoms with Gasteiger partial charge in [0.15, 0.2) is 5.79 Å². The third-order valence-electron chi connectivity index (χ3n) is 3.48. The van der Waals surface area contributed by atoms with E-state index in [-0.39, 0.29) is 0 Å². The van der Waals surface area contributed by atoms with Gasteiger partial charge in [-0.05, 0) is 18.1 Å². The zero-order valence-electron chi connectivity index (χ0n) is 11.8. The van der Waals surface area contributed by atoms with E-state index in [2.05, 4.69) is 31.2 Å². The number of unbranched alkanes of at least 4 members (excludes halogenated alkanes) is 3. The van der Waals surface area contributed by atoms with Gasteiger partial charge in [0.1, 0.15) is 0 Å². The topological polar surface area (TPSA) is 18.5 Å². The molecule has 2 rings (SSSR count). The first kappa shape index (κ1) is 14.3. The van der Waals surface area contributed by atoms with Gasteiger partial charge < -0.3 is 9.47 Å². The van der Waals surface area contributed by atoms with Crippen molar-refractivity contribution in [2.45, 2.75) is 44.8 Å². The first-order chi connectivity index (χ1) is 9.35. The van der Waals surface area contributed by atoms with Gasteiger partial charge in [-0.15, -0.1) is 0 Å². The third-order valence-corrected chi connectivity index (χ3v) is 3.48. The van der Waals surface area contributed by atoms with E-state index < -0.39 is 5.79 Å². The Labute approximate surface area is 116 Å². The van der Waals surface area contributed by atoms with Crippen LogP contribution in [0.4, 0.5) is 0 Å². The van der Waals surface area contributed by atoms with Gasteiger partial charge in [0.05, 0.1) is 13.2 Å². The van der Waals surface area contributed by atoms with Crippen molar-refractivity contribution in [3.63, 3.8) is 0 Å². The molecule has 1 saturated heterocycles. The summed E-state index contributed by atoms with van der Waals surface area (Å²) in [5, 5.41) is 0. The molecule has 0 aromatic heterocycles. The molecule has 0 spiro atoms. The SMILES string of the molecule is CCCCCCC1(C=Cc2ccccc2)OCCO1. The van der Waals surface area contributed by atoms with Crippen LogP contribution in [0, 0.1) is 0 Å². The molecule has 0 bridgehead atoms. The molecule has 1 fully saturated rings. The zero-order chi connectivity index (χ0) is 13.4. The summed E-state index contributed by atoms with van der Waals surface area (Å²) in [7, 11) is 0. The van der Waals surface area contributed by atoms with E-state index >= 15 is 0 Å². The van der Waals surface area contributed by atoms with Gasteiger partial charge in [0.2, 0.25) is 0 Å². The molecule has 104 valence electrons. The van der Waals surface area contributed by atoms with E-state index in [1.165, 1.54) is 24.8 Å². The second-order valence-corrected chi connectivity index (χ2v) is 5.06. The normalized spacial score (nSPS) is 18.2. The van der Waals surface area contributed by atoms with Crippen LogP contribution in [0.3, 0.4) is 0 Å².